The first kappa shape index (κ1) is 15.7. The van der Waals surface area contributed by atoms with Crippen molar-refractivity contribution in [3.05, 3.63) is 63.6 Å². The molecule has 3 rings (SSSR count). The second kappa shape index (κ2) is 6.91. The van der Waals surface area contributed by atoms with Gasteiger partial charge in [-0.2, -0.15) is 11.3 Å². The highest BCUT2D eigenvalue weighted by Crippen LogP contribution is 2.19. The Labute approximate surface area is 141 Å². The Morgan fingerprint density at radius 2 is 2.22 bits per heavy atom. The molecular formula is C15H13ClN4O2S. The van der Waals surface area contributed by atoms with Crippen molar-refractivity contribution in [1.29, 1.82) is 0 Å². The summed E-state index contributed by atoms with van der Waals surface area (Å²) in [5, 5.41) is 24.6. The summed E-state index contributed by atoms with van der Waals surface area (Å²) >= 11 is 7.58. The third-order valence-corrected chi connectivity index (χ3v) is 4.23. The minimum Gasteiger partial charge on any atom is -0.387 e. The zero-order valence-electron chi connectivity index (χ0n) is 11.9. The number of rotatable bonds is 5. The van der Waals surface area contributed by atoms with Crippen molar-refractivity contribution in [3.63, 3.8) is 0 Å². The van der Waals surface area contributed by atoms with Crippen molar-refractivity contribution in [2.24, 2.45) is 0 Å². The first-order valence-corrected chi connectivity index (χ1v) is 8.13. The summed E-state index contributed by atoms with van der Waals surface area (Å²) in [4.78, 5) is 12.1. The molecule has 0 fully saturated rings. The summed E-state index contributed by atoms with van der Waals surface area (Å²) in [5.74, 6) is -0.405. The molecule has 1 atom stereocenters. The third-order valence-electron chi connectivity index (χ3n) is 3.21. The first-order valence-electron chi connectivity index (χ1n) is 6.81. The van der Waals surface area contributed by atoms with E-state index < -0.39 is 12.0 Å². The normalized spacial score (nSPS) is 12.1. The molecule has 0 spiro atoms. The molecular weight excluding hydrogens is 336 g/mol. The maximum Gasteiger partial charge on any atom is 0.273 e. The molecule has 0 aliphatic rings. The summed E-state index contributed by atoms with van der Waals surface area (Å²) in [6, 6.07) is 8.95. The molecule has 0 aliphatic heterocycles. The van der Waals surface area contributed by atoms with E-state index in [0.29, 0.717) is 10.7 Å². The predicted molar refractivity (Wildman–Crippen MR) is 88.0 cm³/mol. The molecule has 3 aromatic rings. The number of hydrogen-bond acceptors (Lipinski definition) is 5. The van der Waals surface area contributed by atoms with Gasteiger partial charge in [0, 0.05) is 6.54 Å². The summed E-state index contributed by atoms with van der Waals surface area (Å²) in [7, 11) is 0. The van der Waals surface area contributed by atoms with Gasteiger partial charge in [0.1, 0.15) is 0 Å². The summed E-state index contributed by atoms with van der Waals surface area (Å²) < 4.78 is 1.44. The second-order valence-electron chi connectivity index (χ2n) is 4.78. The number of hydrogen-bond donors (Lipinski definition) is 2. The van der Waals surface area contributed by atoms with E-state index in [1.165, 1.54) is 22.2 Å². The number of para-hydroxylation sites is 1. The quantitative estimate of drug-likeness (QED) is 0.742. The summed E-state index contributed by atoms with van der Waals surface area (Å²) in [6.45, 7) is 0.106. The van der Waals surface area contributed by atoms with E-state index in [4.69, 9.17) is 11.6 Å². The minimum atomic E-state index is -0.746. The predicted octanol–water partition coefficient (Wildman–Crippen LogP) is 2.45. The molecule has 8 heteroatoms. The fraction of sp³-hybridized carbons (Fsp3) is 0.133. The highest BCUT2D eigenvalue weighted by molar-refractivity contribution is 7.07. The van der Waals surface area contributed by atoms with Gasteiger partial charge in [0.05, 0.1) is 23.0 Å². The highest BCUT2D eigenvalue weighted by Gasteiger charge is 2.15. The fourth-order valence-corrected chi connectivity index (χ4v) is 2.91. The Morgan fingerprint density at radius 3 is 2.96 bits per heavy atom. The van der Waals surface area contributed by atoms with Crippen LogP contribution in [-0.4, -0.2) is 32.6 Å². The number of aromatic nitrogens is 3. The van der Waals surface area contributed by atoms with Crippen LogP contribution in [0.4, 0.5) is 0 Å². The molecule has 0 radical (unpaired) electrons. The van der Waals surface area contributed by atoms with Gasteiger partial charge < -0.3 is 10.4 Å². The van der Waals surface area contributed by atoms with Crippen LogP contribution < -0.4 is 5.32 Å². The highest BCUT2D eigenvalue weighted by atomic mass is 35.5. The van der Waals surface area contributed by atoms with E-state index in [-0.39, 0.29) is 12.2 Å². The van der Waals surface area contributed by atoms with Crippen LogP contribution in [0.1, 0.15) is 22.2 Å². The van der Waals surface area contributed by atoms with Gasteiger partial charge in [-0.05, 0) is 34.5 Å². The number of aliphatic hydroxyl groups excluding tert-OH is 1. The fourth-order valence-electron chi connectivity index (χ4n) is 1.99. The SMILES string of the molecule is O=C(NCC(O)c1ccsc1)c1cn(-c2ccccc2Cl)nn1. The van der Waals surface area contributed by atoms with Crippen LogP contribution in [0.15, 0.2) is 47.3 Å². The number of carbonyl (C=O) groups excluding carboxylic acids is 1. The Hall–Kier alpha value is -2.22. The van der Waals surface area contributed by atoms with Crippen LogP contribution in [0, 0.1) is 0 Å². The van der Waals surface area contributed by atoms with Crippen LogP contribution in [0.2, 0.25) is 5.02 Å². The summed E-state index contributed by atoms with van der Waals surface area (Å²) in [5.41, 5.74) is 1.57. The number of thiophene rings is 1. The van der Waals surface area contributed by atoms with Crippen LogP contribution in [-0.2, 0) is 0 Å². The molecule has 1 amide bonds. The molecule has 6 nitrogen and oxygen atoms in total. The molecule has 0 bridgehead atoms. The number of aliphatic hydroxyl groups is 1. The van der Waals surface area contributed by atoms with Crippen LogP contribution in [0.5, 0.6) is 0 Å². The molecule has 0 aliphatic carbocycles. The Kier molecular flexibility index (Phi) is 4.71. The van der Waals surface area contributed by atoms with Gasteiger partial charge in [0.25, 0.3) is 5.91 Å². The van der Waals surface area contributed by atoms with Crippen molar-refractivity contribution in [2.75, 3.05) is 6.54 Å². The van der Waals surface area contributed by atoms with Crippen molar-refractivity contribution in [1.82, 2.24) is 20.3 Å². The summed E-state index contributed by atoms with van der Waals surface area (Å²) in [6.07, 6.45) is 0.747. The molecule has 23 heavy (non-hydrogen) atoms. The van der Waals surface area contributed by atoms with E-state index >= 15 is 0 Å². The second-order valence-corrected chi connectivity index (χ2v) is 5.97. The van der Waals surface area contributed by atoms with Gasteiger partial charge in [0.15, 0.2) is 5.69 Å². The number of carbonyl (C=O) groups is 1. The van der Waals surface area contributed by atoms with Gasteiger partial charge in [-0.15, -0.1) is 5.10 Å². The van der Waals surface area contributed by atoms with Gasteiger partial charge in [0.2, 0.25) is 0 Å². The molecule has 2 aromatic heterocycles. The molecule has 1 aromatic carbocycles. The van der Waals surface area contributed by atoms with Gasteiger partial charge >= 0.3 is 0 Å². The molecule has 0 saturated heterocycles. The number of amides is 1. The van der Waals surface area contributed by atoms with Crippen molar-refractivity contribution in [3.8, 4) is 5.69 Å². The third kappa shape index (κ3) is 3.58. The molecule has 0 saturated carbocycles. The maximum absolute atomic E-state index is 12.1. The van der Waals surface area contributed by atoms with Crippen molar-refractivity contribution >= 4 is 28.8 Å². The van der Waals surface area contributed by atoms with Crippen LogP contribution in [0.25, 0.3) is 5.69 Å². The van der Waals surface area contributed by atoms with E-state index in [1.807, 2.05) is 29.0 Å². The van der Waals surface area contributed by atoms with Gasteiger partial charge in [-0.25, -0.2) is 4.68 Å². The van der Waals surface area contributed by atoms with E-state index in [0.717, 1.165) is 5.56 Å². The lowest BCUT2D eigenvalue weighted by atomic mass is 10.2. The minimum absolute atomic E-state index is 0.106. The van der Waals surface area contributed by atoms with Gasteiger partial charge in [-0.3, -0.25) is 4.79 Å². The topological polar surface area (TPSA) is 80.0 Å². The standard InChI is InChI=1S/C15H13ClN4O2S/c16-11-3-1-2-4-13(11)20-8-12(18-19-20)15(22)17-7-14(21)10-5-6-23-9-10/h1-6,8-9,14,21H,7H2,(H,17,22). The average Bonchev–Trinajstić information content (AvgIpc) is 3.24. The number of nitrogens with zero attached hydrogens (tertiary/aromatic N) is 3. The Morgan fingerprint density at radius 1 is 1.39 bits per heavy atom. The van der Waals surface area contributed by atoms with Crippen molar-refractivity contribution in [2.45, 2.75) is 6.10 Å². The largest absolute Gasteiger partial charge is 0.387 e. The first-order chi connectivity index (χ1) is 11.1. The smallest absolute Gasteiger partial charge is 0.273 e. The monoisotopic (exact) mass is 348 g/mol. The molecule has 118 valence electrons. The molecule has 2 N–H and O–H groups in total. The average molecular weight is 349 g/mol. The van der Waals surface area contributed by atoms with Crippen LogP contribution >= 0.6 is 22.9 Å². The van der Waals surface area contributed by atoms with Crippen LogP contribution in [0.3, 0.4) is 0 Å². The lowest BCUT2D eigenvalue weighted by Crippen LogP contribution is -2.28. The number of halogens is 1. The van der Waals surface area contributed by atoms with E-state index in [1.54, 1.807) is 12.1 Å². The Balaban J connectivity index is 1.66. The zero-order valence-corrected chi connectivity index (χ0v) is 13.5. The molecule has 2 heterocycles. The van der Waals surface area contributed by atoms with E-state index in [2.05, 4.69) is 15.6 Å². The van der Waals surface area contributed by atoms with Gasteiger partial charge in [-0.1, -0.05) is 28.9 Å². The molecule has 1 unspecified atom stereocenters. The Bertz CT molecular complexity index is 803. The maximum atomic E-state index is 12.1. The van der Waals surface area contributed by atoms with E-state index in [9.17, 15) is 9.90 Å². The van der Waals surface area contributed by atoms with Crippen molar-refractivity contribution < 1.29 is 9.90 Å². The lowest BCUT2D eigenvalue weighted by Gasteiger charge is -2.09. The zero-order chi connectivity index (χ0) is 16.2. The number of nitrogens with one attached hydrogen (secondary N) is 1. The number of benzene rings is 1. The lowest BCUT2D eigenvalue weighted by molar-refractivity contribution is 0.0911.